The van der Waals surface area contributed by atoms with Crippen LogP contribution in [0.4, 0.5) is 0 Å². The highest BCUT2D eigenvalue weighted by Crippen LogP contribution is 2.66. The average molecular weight is 378 g/mol. The van der Waals surface area contributed by atoms with Gasteiger partial charge in [-0.05, 0) is 0 Å². The summed E-state index contributed by atoms with van der Waals surface area (Å²) in [6.07, 6.45) is -6.95. The van der Waals surface area contributed by atoms with Gasteiger partial charge in [-0.1, -0.05) is 0 Å². The van der Waals surface area contributed by atoms with Gasteiger partial charge >= 0.3 is 23.5 Å². The zero-order valence-electron chi connectivity index (χ0n) is 9.81. The molecule has 0 aromatic rings. The summed E-state index contributed by atoms with van der Waals surface area (Å²) in [6.45, 7) is -1.07. The van der Waals surface area contributed by atoms with E-state index in [9.17, 15) is 13.7 Å². The third-order valence-electron chi connectivity index (χ3n) is 1.53. The van der Waals surface area contributed by atoms with E-state index in [0.29, 0.717) is 0 Å². The monoisotopic (exact) mass is 378 g/mol. The number of hydrogen-bond acceptors (Lipinski definition) is 10. The molecular formula is C4H13O14P3. The fourth-order valence-corrected chi connectivity index (χ4v) is 3.85. The third kappa shape index (κ3) is 9.08. The van der Waals surface area contributed by atoms with Crippen LogP contribution in [0.15, 0.2) is 0 Å². The predicted molar refractivity (Wildman–Crippen MR) is 60.1 cm³/mol. The molecule has 21 heavy (non-hydrogen) atoms. The van der Waals surface area contributed by atoms with Crippen LogP contribution in [0.5, 0.6) is 0 Å². The van der Waals surface area contributed by atoms with Crippen LogP contribution in [0.25, 0.3) is 0 Å². The van der Waals surface area contributed by atoms with Crippen molar-refractivity contribution >= 4 is 23.5 Å². The summed E-state index contributed by atoms with van der Waals surface area (Å²) in [4.78, 5) is 34.2. The van der Waals surface area contributed by atoms with Crippen molar-refractivity contribution in [1.82, 2.24) is 0 Å². The summed E-state index contributed by atoms with van der Waals surface area (Å²) in [5.41, 5.74) is 0. The molecule has 17 heteroatoms. The van der Waals surface area contributed by atoms with Gasteiger partial charge in [0.1, 0.15) is 12.2 Å². The lowest BCUT2D eigenvalue weighted by Gasteiger charge is -2.23. The van der Waals surface area contributed by atoms with Crippen LogP contribution in [-0.4, -0.2) is 65.1 Å². The lowest BCUT2D eigenvalue weighted by molar-refractivity contribution is -0.157. The molecule has 0 heterocycles. The number of phosphoric acid groups is 3. The first-order valence-electron chi connectivity index (χ1n) is 4.66. The minimum Gasteiger partial charge on any atom is -0.394 e. The second-order valence-electron chi connectivity index (χ2n) is 3.33. The van der Waals surface area contributed by atoms with E-state index in [2.05, 4.69) is 13.1 Å². The van der Waals surface area contributed by atoms with Gasteiger partial charge in [0.05, 0.1) is 6.61 Å². The van der Waals surface area contributed by atoms with Gasteiger partial charge < -0.3 is 40.0 Å². The molecule has 5 atom stereocenters. The Balaban J connectivity index is 4.81. The average Bonchev–Trinajstić information content (AvgIpc) is 2.20. The van der Waals surface area contributed by atoms with Crippen LogP contribution < -0.4 is 0 Å². The van der Waals surface area contributed by atoms with Crippen LogP contribution in [0.1, 0.15) is 0 Å². The normalized spacial score (nSPS) is 22.9. The molecule has 0 amide bonds. The quantitative estimate of drug-likeness (QED) is 0.151. The summed E-state index contributed by atoms with van der Waals surface area (Å²) in [7, 11) is -17.0. The van der Waals surface area contributed by atoms with Gasteiger partial charge in [0, 0.05) is 0 Å². The van der Waals surface area contributed by atoms with Gasteiger partial charge in [0.25, 0.3) is 0 Å². The maximum atomic E-state index is 11.2. The number of rotatable bonds is 9. The summed E-state index contributed by atoms with van der Waals surface area (Å²) >= 11 is 0. The second kappa shape index (κ2) is 7.68. The maximum absolute atomic E-state index is 11.2. The van der Waals surface area contributed by atoms with Gasteiger partial charge in [-0.2, -0.15) is 8.62 Å². The first kappa shape index (κ1) is 21.2. The van der Waals surface area contributed by atoms with Crippen molar-refractivity contribution in [2.45, 2.75) is 18.5 Å². The van der Waals surface area contributed by atoms with Crippen molar-refractivity contribution < 1.29 is 66.8 Å². The Hall–Kier alpha value is 0.250. The summed E-state index contributed by atoms with van der Waals surface area (Å²) in [5.74, 6) is 0. The van der Waals surface area contributed by atoms with Gasteiger partial charge in [-0.15, -0.1) is 0 Å². The predicted octanol–water partition coefficient (Wildman–Crippen LogP) is -2.64. The van der Waals surface area contributed by atoms with Crippen molar-refractivity contribution in [3.63, 3.8) is 0 Å². The molecule has 0 aliphatic carbocycles. The highest BCUT2D eigenvalue weighted by molar-refractivity contribution is 7.66. The fraction of sp³-hybridized carbons (Fsp3) is 1.00. The van der Waals surface area contributed by atoms with Crippen LogP contribution in [-0.2, 0) is 26.8 Å². The molecule has 0 rings (SSSR count). The van der Waals surface area contributed by atoms with Gasteiger partial charge in [0.15, 0.2) is 6.29 Å². The zero-order valence-corrected chi connectivity index (χ0v) is 12.5. The highest BCUT2D eigenvalue weighted by atomic mass is 31.3. The lowest BCUT2D eigenvalue weighted by atomic mass is 10.2. The Kier molecular flexibility index (Phi) is 7.78. The largest absolute Gasteiger partial charge is 0.490 e. The van der Waals surface area contributed by atoms with Crippen LogP contribution in [0.2, 0.25) is 0 Å². The number of phosphoric ester groups is 1. The summed E-state index contributed by atoms with van der Waals surface area (Å²) < 4.78 is 42.7. The van der Waals surface area contributed by atoms with E-state index in [1.807, 2.05) is 0 Å². The van der Waals surface area contributed by atoms with E-state index in [4.69, 9.17) is 40.0 Å². The molecule has 0 aromatic heterocycles. The molecule has 0 saturated heterocycles. The van der Waals surface area contributed by atoms with Crippen molar-refractivity contribution in [1.29, 1.82) is 0 Å². The van der Waals surface area contributed by atoms with E-state index in [0.717, 1.165) is 0 Å². The Labute approximate surface area is 116 Å². The second-order valence-corrected chi connectivity index (χ2v) is 7.70. The molecule has 0 saturated carbocycles. The maximum Gasteiger partial charge on any atom is 0.490 e. The van der Waals surface area contributed by atoms with E-state index < -0.39 is 48.6 Å². The lowest BCUT2D eigenvalue weighted by Crippen LogP contribution is -2.40. The Morgan fingerprint density at radius 2 is 1.33 bits per heavy atom. The van der Waals surface area contributed by atoms with E-state index in [-0.39, 0.29) is 0 Å². The van der Waals surface area contributed by atoms with Crippen molar-refractivity contribution in [2.24, 2.45) is 0 Å². The Bertz CT molecular complexity index is 469. The highest BCUT2D eigenvalue weighted by Gasteiger charge is 2.43. The topological polar surface area (TPSA) is 241 Å². The molecule has 0 bridgehead atoms. The molecule has 3 unspecified atom stereocenters. The van der Waals surface area contributed by atoms with Crippen molar-refractivity contribution in [3.05, 3.63) is 0 Å². The number of aliphatic hydroxyl groups excluding tert-OH is 4. The van der Waals surface area contributed by atoms with Crippen molar-refractivity contribution in [3.8, 4) is 0 Å². The molecule has 0 fully saturated rings. The zero-order chi connectivity index (χ0) is 17.1. The van der Waals surface area contributed by atoms with Gasteiger partial charge in [-0.25, -0.2) is 13.7 Å². The Morgan fingerprint density at radius 3 is 1.71 bits per heavy atom. The minimum atomic E-state index is -5.76. The Morgan fingerprint density at radius 1 is 0.857 bits per heavy atom. The summed E-state index contributed by atoms with van der Waals surface area (Å²) in [5, 5.41) is 35.5. The fourth-order valence-electron chi connectivity index (χ4n) is 0.796. The van der Waals surface area contributed by atoms with Gasteiger partial charge in [-0.3, -0.25) is 4.52 Å². The minimum absolute atomic E-state index is 1.07. The molecule has 128 valence electrons. The van der Waals surface area contributed by atoms with Gasteiger partial charge in [0.2, 0.25) is 0 Å². The SMILES string of the molecule is O=P(O)(O)OP(=O)(O)OP(=O)(O)OC(O)[C@@H](O)[C@H](O)CO. The van der Waals surface area contributed by atoms with Crippen LogP contribution in [0, 0.1) is 0 Å². The molecule has 0 aromatic carbocycles. The van der Waals surface area contributed by atoms with E-state index in [1.54, 1.807) is 0 Å². The molecule has 14 nitrogen and oxygen atoms in total. The van der Waals surface area contributed by atoms with E-state index >= 15 is 0 Å². The number of hydrogen-bond donors (Lipinski definition) is 8. The molecule has 0 radical (unpaired) electrons. The first-order valence-corrected chi connectivity index (χ1v) is 9.18. The molecule has 0 spiro atoms. The molecular weight excluding hydrogens is 365 g/mol. The number of aliphatic hydroxyl groups is 4. The molecule has 8 N–H and O–H groups in total. The molecule has 0 aliphatic rings. The third-order valence-corrected chi connectivity index (χ3v) is 5.34. The van der Waals surface area contributed by atoms with Crippen LogP contribution in [0.3, 0.4) is 0 Å². The van der Waals surface area contributed by atoms with Crippen LogP contribution >= 0.6 is 23.5 Å². The molecule has 0 aliphatic heterocycles. The van der Waals surface area contributed by atoms with E-state index in [1.165, 1.54) is 0 Å². The first-order chi connectivity index (χ1) is 9.19. The standard InChI is InChI=1S/C4H13O14P3/c5-1-2(6)3(7)4(8)16-20(12,13)18-21(14,15)17-19(9,10)11/h2-8H,1H2,(H,12,13)(H,14,15)(H2,9,10,11)/t2-,3+,4?/m1/s1. The summed E-state index contributed by atoms with van der Waals surface area (Å²) in [6, 6.07) is 0. The smallest absolute Gasteiger partial charge is 0.394 e. The van der Waals surface area contributed by atoms with Crippen molar-refractivity contribution in [2.75, 3.05) is 6.61 Å².